The third-order valence-electron chi connectivity index (χ3n) is 0.802. The molecule has 2 N–H and O–H groups in total. The van der Waals surface area contributed by atoms with Crippen LogP contribution in [0.25, 0.3) is 0 Å². The highest BCUT2D eigenvalue weighted by molar-refractivity contribution is 4.26. The van der Waals surface area contributed by atoms with Gasteiger partial charge in [-0.15, -0.1) is 39.5 Å². The Bertz CT molecular complexity index is 57.4. The Morgan fingerprint density at radius 1 is 0.875 bits per heavy atom. The zero-order valence-electron chi connectivity index (χ0n) is 11.1. The van der Waals surface area contributed by atoms with Gasteiger partial charge in [-0.2, -0.15) is 0 Å². The summed E-state index contributed by atoms with van der Waals surface area (Å²) in [6, 6.07) is 0. The smallest absolute Gasteiger partial charge is 0.0662 e. The van der Waals surface area contributed by atoms with Crippen LogP contribution >= 0.6 is 0 Å². The van der Waals surface area contributed by atoms with Gasteiger partial charge in [-0.05, 0) is 6.42 Å². The Hall–Kier alpha value is -0.900. The first-order chi connectivity index (χ1) is 7.83. The molecular formula is C13H30O3. The molecule has 0 unspecified atom stereocenters. The van der Waals surface area contributed by atoms with E-state index in [9.17, 15) is 0 Å². The van der Waals surface area contributed by atoms with E-state index in [2.05, 4.69) is 46.4 Å². The highest BCUT2D eigenvalue weighted by atomic mass is 16.5. The van der Waals surface area contributed by atoms with Crippen molar-refractivity contribution in [3.05, 3.63) is 39.5 Å². The molecule has 0 fully saturated rings. The molecule has 3 heteroatoms. The quantitative estimate of drug-likeness (QED) is 0.581. The maximum Gasteiger partial charge on any atom is 0.0662 e. The van der Waals surface area contributed by atoms with Gasteiger partial charge in [-0.25, -0.2) is 0 Å². The number of aliphatic hydroxyl groups is 2. The first-order valence-electron chi connectivity index (χ1n) is 5.04. The molecule has 16 heavy (non-hydrogen) atoms. The summed E-state index contributed by atoms with van der Waals surface area (Å²) in [4.78, 5) is 0. The summed E-state index contributed by atoms with van der Waals surface area (Å²) in [6.07, 6.45) is 2.42. The average molecular weight is 234 g/mol. The highest BCUT2D eigenvalue weighted by Gasteiger charge is 1.74. The van der Waals surface area contributed by atoms with Crippen molar-refractivity contribution in [2.24, 2.45) is 0 Å². The van der Waals surface area contributed by atoms with Crippen LogP contribution in [0.2, 0.25) is 0 Å². The number of aliphatic hydroxyl groups excluding tert-OH is 2. The highest BCUT2D eigenvalue weighted by Crippen LogP contribution is 1.83. The predicted octanol–water partition coefficient (Wildman–Crippen LogP) is 2.81. The molecule has 0 aromatic heterocycles. The van der Waals surface area contributed by atoms with E-state index < -0.39 is 0 Å². The summed E-state index contributed by atoms with van der Waals surface area (Å²) in [7, 11) is 1.73. The lowest BCUT2D eigenvalue weighted by atomic mass is 10.4. The summed E-state index contributed by atoms with van der Waals surface area (Å²) >= 11 is 0. The van der Waals surface area contributed by atoms with Gasteiger partial charge in [-0.3, -0.25) is 0 Å². The Morgan fingerprint density at radius 3 is 1.25 bits per heavy atom. The third kappa shape index (κ3) is 200. The fourth-order valence-electron chi connectivity index (χ4n) is 0.289. The van der Waals surface area contributed by atoms with Crippen molar-refractivity contribution < 1.29 is 14.9 Å². The van der Waals surface area contributed by atoms with E-state index in [1.54, 1.807) is 7.11 Å². The summed E-state index contributed by atoms with van der Waals surface area (Å²) in [5.41, 5.74) is 0. The van der Waals surface area contributed by atoms with E-state index in [0.717, 1.165) is 6.61 Å². The van der Waals surface area contributed by atoms with Crippen LogP contribution in [-0.2, 0) is 4.74 Å². The van der Waals surface area contributed by atoms with E-state index in [1.807, 2.05) is 0 Å². The Balaban J connectivity index is -0.0000000354. The maximum absolute atomic E-state index is 7.62. The Labute approximate surface area is 102 Å². The average Bonchev–Trinajstić information content (AvgIpc) is 2.43. The van der Waals surface area contributed by atoms with Crippen molar-refractivity contribution in [3.63, 3.8) is 0 Å². The van der Waals surface area contributed by atoms with E-state index in [1.165, 1.54) is 12.8 Å². The minimum absolute atomic E-state index is 0.125. The topological polar surface area (TPSA) is 49.7 Å². The minimum Gasteiger partial charge on any atom is -0.394 e. The molecular weight excluding hydrogens is 204 g/mol. The van der Waals surface area contributed by atoms with Gasteiger partial charge in [0.2, 0.25) is 0 Å². The van der Waals surface area contributed by atoms with Crippen molar-refractivity contribution in [2.75, 3.05) is 26.9 Å². The second-order valence-corrected chi connectivity index (χ2v) is 1.79. The summed E-state index contributed by atoms with van der Waals surface area (Å²) in [5.74, 6) is 0. The molecule has 0 aliphatic rings. The minimum atomic E-state index is -0.125. The molecule has 0 saturated heterocycles. The molecule has 0 aromatic carbocycles. The molecule has 0 saturated carbocycles. The molecule has 0 spiro atoms. The summed E-state index contributed by atoms with van der Waals surface area (Å²) in [5, 5.41) is 15.2. The molecule has 0 rings (SSSR count). The first-order valence-corrected chi connectivity index (χ1v) is 5.04. The van der Waals surface area contributed by atoms with Crippen molar-refractivity contribution in [1.29, 1.82) is 0 Å². The molecule has 0 aliphatic carbocycles. The van der Waals surface area contributed by atoms with Crippen LogP contribution in [0, 0.1) is 0 Å². The molecule has 0 radical (unpaired) electrons. The van der Waals surface area contributed by atoms with Crippen LogP contribution < -0.4 is 0 Å². The molecule has 3 nitrogen and oxygen atoms in total. The van der Waals surface area contributed by atoms with Gasteiger partial charge in [0.15, 0.2) is 0 Å². The molecule has 0 aliphatic heterocycles. The summed E-state index contributed by atoms with van der Waals surface area (Å²) < 4.78 is 4.78. The van der Waals surface area contributed by atoms with Crippen molar-refractivity contribution >= 4 is 0 Å². The van der Waals surface area contributed by atoms with E-state index in [0.29, 0.717) is 0 Å². The summed E-state index contributed by atoms with van der Waals surface area (Å²) in [6.45, 7) is 20.8. The van der Waals surface area contributed by atoms with Crippen molar-refractivity contribution in [3.8, 4) is 0 Å². The largest absolute Gasteiger partial charge is 0.394 e. The lowest BCUT2D eigenvalue weighted by Gasteiger charge is -1.89. The zero-order valence-corrected chi connectivity index (χ0v) is 11.1. The molecule has 0 atom stereocenters. The van der Waals surface area contributed by atoms with Crippen LogP contribution in [0.15, 0.2) is 39.5 Å². The monoisotopic (exact) mass is 234 g/mol. The van der Waals surface area contributed by atoms with E-state index in [-0.39, 0.29) is 13.2 Å². The van der Waals surface area contributed by atoms with Crippen molar-refractivity contribution in [2.45, 2.75) is 19.8 Å². The van der Waals surface area contributed by atoms with Crippen LogP contribution in [0.3, 0.4) is 0 Å². The molecule has 0 amide bonds. The van der Waals surface area contributed by atoms with Gasteiger partial charge in [0.25, 0.3) is 0 Å². The maximum atomic E-state index is 7.62. The standard InChI is InChI=1S/C5H12O.C2H6O2.3C2H4/c1-3-4-5-6-2;3-1-2-4;3*1-2/h3-5H2,1-2H3;3-4H,1-2H2;3*1-2H2. The van der Waals surface area contributed by atoms with Gasteiger partial charge in [0.05, 0.1) is 13.2 Å². The number of unbranched alkanes of at least 4 members (excludes halogenated alkanes) is 1. The van der Waals surface area contributed by atoms with Crippen LogP contribution in [0.1, 0.15) is 19.8 Å². The second-order valence-electron chi connectivity index (χ2n) is 1.79. The first kappa shape index (κ1) is 29.4. The van der Waals surface area contributed by atoms with E-state index in [4.69, 9.17) is 14.9 Å². The fraction of sp³-hybridized carbons (Fsp3) is 0.538. The van der Waals surface area contributed by atoms with Gasteiger partial charge in [0, 0.05) is 13.7 Å². The normalized spacial score (nSPS) is 6.00. The number of rotatable bonds is 4. The fourth-order valence-corrected chi connectivity index (χ4v) is 0.289. The van der Waals surface area contributed by atoms with Gasteiger partial charge >= 0.3 is 0 Å². The van der Waals surface area contributed by atoms with Gasteiger partial charge in [0.1, 0.15) is 0 Å². The lowest BCUT2D eigenvalue weighted by molar-refractivity contribution is 0.186. The Kier molecular flexibility index (Phi) is 171. The van der Waals surface area contributed by atoms with Crippen LogP contribution in [0.4, 0.5) is 0 Å². The molecule has 0 aromatic rings. The predicted molar refractivity (Wildman–Crippen MR) is 74.7 cm³/mol. The van der Waals surface area contributed by atoms with Crippen LogP contribution in [0.5, 0.6) is 0 Å². The number of ether oxygens (including phenoxy) is 1. The molecule has 0 bridgehead atoms. The molecule has 100 valence electrons. The second kappa shape index (κ2) is 93.0. The Morgan fingerprint density at radius 2 is 1.19 bits per heavy atom. The number of methoxy groups -OCH3 is 1. The molecule has 0 heterocycles. The van der Waals surface area contributed by atoms with Crippen LogP contribution in [-0.4, -0.2) is 37.1 Å². The SMILES string of the molecule is C=C.C=C.C=C.CCCCOC.OCCO. The zero-order chi connectivity index (χ0) is 14.2. The van der Waals surface area contributed by atoms with E-state index >= 15 is 0 Å². The van der Waals surface area contributed by atoms with Gasteiger partial charge < -0.3 is 14.9 Å². The lowest BCUT2D eigenvalue weighted by Crippen LogP contribution is -1.85. The third-order valence-corrected chi connectivity index (χ3v) is 0.802. The van der Waals surface area contributed by atoms with Crippen molar-refractivity contribution in [1.82, 2.24) is 0 Å². The number of hydrogen-bond acceptors (Lipinski definition) is 3. The van der Waals surface area contributed by atoms with Gasteiger partial charge in [-0.1, -0.05) is 13.3 Å². The number of hydrogen-bond donors (Lipinski definition) is 2.